The van der Waals surface area contributed by atoms with Crippen molar-refractivity contribution in [1.82, 2.24) is 15.0 Å². The molecule has 4 nitrogen and oxygen atoms in total. The molecule has 1 heterocycles. The molecule has 4 heteroatoms. The van der Waals surface area contributed by atoms with Gasteiger partial charge in [0.05, 0.1) is 6.20 Å². The van der Waals surface area contributed by atoms with Crippen LogP contribution in [0.2, 0.25) is 0 Å². The van der Waals surface area contributed by atoms with Gasteiger partial charge in [0.15, 0.2) is 5.78 Å². The predicted octanol–water partition coefficient (Wildman–Crippen LogP) is 0.428. The number of hydrogen-bond donors (Lipinski definition) is 0. The Morgan fingerprint density at radius 3 is 2.80 bits per heavy atom. The van der Waals surface area contributed by atoms with E-state index < -0.39 is 0 Å². The zero-order valence-electron chi connectivity index (χ0n) is 5.98. The molecule has 0 aliphatic heterocycles. The number of Topliss-reactive ketones (excluding diaryl/α,β-unsaturated/α-hetero) is 1. The van der Waals surface area contributed by atoms with Gasteiger partial charge in [-0.1, -0.05) is 5.21 Å². The summed E-state index contributed by atoms with van der Waals surface area (Å²) in [4.78, 5) is 10.8. The van der Waals surface area contributed by atoms with E-state index in [-0.39, 0.29) is 11.8 Å². The molecule has 0 N–H and O–H groups in total. The molecule has 1 rings (SSSR count). The van der Waals surface area contributed by atoms with E-state index in [1.54, 1.807) is 19.3 Å². The Kier molecular flexibility index (Phi) is 1.80. The molecular weight excluding hydrogens is 130 g/mol. The summed E-state index contributed by atoms with van der Waals surface area (Å²) in [6, 6.07) is -0.192. The van der Waals surface area contributed by atoms with Crippen LogP contribution in [0, 0.1) is 0 Å². The Hall–Kier alpha value is -1.19. The number of carbonyl (C=O) groups is 1. The second-order valence-electron chi connectivity index (χ2n) is 2.17. The first-order chi connectivity index (χ1) is 4.72. The normalized spacial score (nSPS) is 13.0. The lowest BCUT2D eigenvalue weighted by atomic mass is 10.2. The van der Waals surface area contributed by atoms with Crippen LogP contribution in [-0.4, -0.2) is 20.8 Å². The van der Waals surface area contributed by atoms with E-state index in [1.807, 2.05) is 0 Å². The van der Waals surface area contributed by atoms with Crippen molar-refractivity contribution in [2.75, 3.05) is 0 Å². The lowest BCUT2D eigenvalue weighted by Crippen LogP contribution is -2.13. The van der Waals surface area contributed by atoms with Gasteiger partial charge in [-0.05, 0) is 13.8 Å². The highest BCUT2D eigenvalue weighted by Crippen LogP contribution is 2.01. The average molecular weight is 139 g/mol. The Bertz CT molecular complexity index is 217. The molecule has 0 spiro atoms. The molecule has 0 aromatic carbocycles. The van der Waals surface area contributed by atoms with E-state index in [0.717, 1.165) is 0 Å². The summed E-state index contributed by atoms with van der Waals surface area (Å²) >= 11 is 0. The third-order valence-electron chi connectivity index (χ3n) is 1.43. The maximum Gasteiger partial charge on any atom is 0.154 e. The van der Waals surface area contributed by atoms with Crippen molar-refractivity contribution in [2.24, 2.45) is 0 Å². The summed E-state index contributed by atoms with van der Waals surface area (Å²) in [5.74, 6) is 0.0884. The summed E-state index contributed by atoms with van der Waals surface area (Å²) in [7, 11) is 0. The fraction of sp³-hybridized carbons (Fsp3) is 0.500. The number of rotatable bonds is 2. The maximum atomic E-state index is 10.8. The average Bonchev–Trinajstić information content (AvgIpc) is 2.36. The Morgan fingerprint density at radius 2 is 2.40 bits per heavy atom. The Balaban J connectivity index is 2.77. The highest BCUT2D eigenvalue weighted by molar-refractivity contribution is 5.79. The van der Waals surface area contributed by atoms with Crippen molar-refractivity contribution in [2.45, 2.75) is 19.9 Å². The monoisotopic (exact) mass is 139 g/mol. The van der Waals surface area contributed by atoms with Gasteiger partial charge >= 0.3 is 0 Å². The SMILES string of the molecule is CC(=O)C(C)n1ccnn1. The number of hydrogen-bond acceptors (Lipinski definition) is 3. The van der Waals surface area contributed by atoms with E-state index in [1.165, 1.54) is 11.6 Å². The van der Waals surface area contributed by atoms with Crippen LogP contribution >= 0.6 is 0 Å². The van der Waals surface area contributed by atoms with E-state index in [0.29, 0.717) is 0 Å². The number of nitrogens with zero attached hydrogens (tertiary/aromatic N) is 3. The van der Waals surface area contributed by atoms with E-state index in [9.17, 15) is 4.79 Å². The molecule has 0 fully saturated rings. The minimum atomic E-state index is -0.192. The molecule has 1 unspecified atom stereocenters. The third-order valence-corrected chi connectivity index (χ3v) is 1.43. The maximum absolute atomic E-state index is 10.8. The summed E-state index contributed by atoms with van der Waals surface area (Å²) in [5, 5.41) is 7.27. The Morgan fingerprint density at radius 1 is 1.70 bits per heavy atom. The first-order valence-corrected chi connectivity index (χ1v) is 3.08. The number of aromatic nitrogens is 3. The molecule has 10 heavy (non-hydrogen) atoms. The van der Waals surface area contributed by atoms with Crippen LogP contribution < -0.4 is 0 Å². The van der Waals surface area contributed by atoms with Crippen molar-refractivity contribution in [3.63, 3.8) is 0 Å². The van der Waals surface area contributed by atoms with Crippen LogP contribution in [0.15, 0.2) is 12.4 Å². The van der Waals surface area contributed by atoms with Crippen LogP contribution in [0.25, 0.3) is 0 Å². The first kappa shape index (κ1) is 6.92. The van der Waals surface area contributed by atoms with Gasteiger partial charge in [-0.25, -0.2) is 4.68 Å². The van der Waals surface area contributed by atoms with Gasteiger partial charge in [0.1, 0.15) is 6.04 Å². The lowest BCUT2D eigenvalue weighted by Gasteiger charge is -2.04. The van der Waals surface area contributed by atoms with Gasteiger partial charge < -0.3 is 0 Å². The molecule has 0 saturated carbocycles. The van der Waals surface area contributed by atoms with Crippen molar-refractivity contribution in [3.05, 3.63) is 12.4 Å². The highest BCUT2D eigenvalue weighted by atomic mass is 16.1. The lowest BCUT2D eigenvalue weighted by molar-refractivity contribution is -0.119. The molecule has 0 radical (unpaired) electrons. The fourth-order valence-corrected chi connectivity index (χ4v) is 0.610. The van der Waals surface area contributed by atoms with Gasteiger partial charge in [0.25, 0.3) is 0 Å². The van der Waals surface area contributed by atoms with Crippen molar-refractivity contribution < 1.29 is 4.79 Å². The van der Waals surface area contributed by atoms with E-state index in [2.05, 4.69) is 10.3 Å². The molecule has 54 valence electrons. The van der Waals surface area contributed by atoms with E-state index in [4.69, 9.17) is 0 Å². The van der Waals surface area contributed by atoms with Crippen molar-refractivity contribution >= 4 is 5.78 Å². The predicted molar refractivity (Wildman–Crippen MR) is 35.4 cm³/mol. The molecule has 1 aromatic rings. The van der Waals surface area contributed by atoms with Crippen LogP contribution in [0.5, 0.6) is 0 Å². The smallest absolute Gasteiger partial charge is 0.154 e. The minimum Gasteiger partial charge on any atom is -0.298 e. The molecular formula is C6H9N3O. The van der Waals surface area contributed by atoms with Gasteiger partial charge in [-0.15, -0.1) is 5.10 Å². The van der Waals surface area contributed by atoms with Gasteiger partial charge in [-0.3, -0.25) is 4.79 Å². The van der Waals surface area contributed by atoms with Crippen LogP contribution in [0.3, 0.4) is 0 Å². The molecule has 0 amide bonds. The van der Waals surface area contributed by atoms with Gasteiger partial charge in [0.2, 0.25) is 0 Å². The second-order valence-corrected chi connectivity index (χ2v) is 2.17. The second kappa shape index (κ2) is 2.60. The van der Waals surface area contributed by atoms with Crippen LogP contribution in [-0.2, 0) is 4.79 Å². The molecule has 0 saturated heterocycles. The Labute approximate surface area is 58.8 Å². The minimum absolute atomic E-state index is 0.0884. The fourth-order valence-electron chi connectivity index (χ4n) is 0.610. The molecule has 1 aromatic heterocycles. The summed E-state index contributed by atoms with van der Waals surface area (Å²) in [5.41, 5.74) is 0. The highest BCUT2D eigenvalue weighted by Gasteiger charge is 2.08. The van der Waals surface area contributed by atoms with Gasteiger partial charge in [-0.2, -0.15) is 0 Å². The van der Waals surface area contributed by atoms with Crippen molar-refractivity contribution in [1.29, 1.82) is 0 Å². The largest absolute Gasteiger partial charge is 0.298 e. The van der Waals surface area contributed by atoms with E-state index >= 15 is 0 Å². The molecule has 0 aliphatic rings. The number of carbonyl (C=O) groups excluding carboxylic acids is 1. The van der Waals surface area contributed by atoms with Crippen molar-refractivity contribution in [3.8, 4) is 0 Å². The summed E-state index contributed by atoms with van der Waals surface area (Å²) in [6.45, 7) is 3.32. The zero-order valence-corrected chi connectivity index (χ0v) is 5.98. The zero-order chi connectivity index (χ0) is 7.56. The topological polar surface area (TPSA) is 47.8 Å². The summed E-state index contributed by atoms with van der Waals surface area (Å²) < 4.78 is 1.53. The number of ketones is 1. The molecule has 0 bridgehead atoms. The summed E-state index contributed by atoms with van der Waals surface area (Å²) in [6.07, 6.45) is 3.23. The molecule has 0 aliphatic carbocycles. The standard InChI is InChI=1S/C6H9N3O/c1-5(6(2)10)9-4-3-7-8-9/h3-5H,1-2H3. The third kappa shape index (κ3) is 1.21. The quantitative estimate of drug-likeness (QED) is 0.596. The van der Waals surface area contributed by atoms with Crippen LogP contribution in [0.4, 0.5) is 0 Å². The van der Waals surface area contributed by atoms with Gasteiger partial charge in [0, 0.05) is 6.20 Å². The molecule has 1 atom stereocenters. The van der Waals surface area contributed by atoms with Crippen LogP contribution in [0.1, 0.15) is 19.9 Å². The first-order valence-electron chi connectivity index (χ1n) is 3.08.